The standard InChI is InChI=1S/C24H26F3N3O/c1-2-10-28-23(31)20-14-18-13-19(24(25,26)27)8-9-21(18)30-12-11-29(16-22(20)30)15-17-6-4-3-5-7-17/h2-9,13,20,22H,1,10-12,14-16H2,(H,28,31)/t20-,22+/m0/s1. The van der Waals surface area contributed by atoms with Crippen LogP contribution in [0.4, 0.5) is 18.9 Å². The number of hydrogen-bond donors (Lipinski definition) is 1. The number of piperazine rings is 1. The van der Waals surface area contributed by atoms with Gasteiger partial charge in [-0.3, -0.25) is 9.69 Å². The zero-order valence-corrected chi connectivity index (χ0v) is 17.2. The average Bonchev–Trinajstić information content (AvgIpc) is 2.76. The van der Waals surface area contributed by atoms with E-state index >= 15 is 0 Å². The summed E-state index contributed by atoms with van der Waals surface area (Å²) in [5.74, 6) is -0.561. The van der Waals surface area contributed by atoms with Crippen LogP contribution < -0.4 is 10.2 Å². The lowest BCUT2D eigenvalue weighted by atomic mass is 9.82. The van der Waals surface area contributed by atoms with Gasteiger partial charge in [0.2, 0.25) is 5.91 Å². The third kappa shape index (κ3) is 4.61. The van der Waals surface area contributed by atoms with E-state index in [0.29, 0.717) is 31.6 Å². The second-order valence-electron chi connectivity index (χ2n) is 8.17. The minimum Gasteiger partial charge on any atom is -0.365 e. The smallest absolute Gasteiger partial charge is 0.365 e. The molecular formula is C24H26F3N3O. The molecule has 4 rings (SSSR count). The SMILES string of the molecule is C=CCNC(=O)[C@H]1Cc2cc(C(F)(F)F)ccc2N2CCN(Cc3ccccc3)C[C@H]12. The quantitative estimate of drug-likeness (QED) is 0.733. The Labute approximate surface area is 180 Å². The number of rotatable bonds is 5. The zero-order valence-electron chi connectivity index (χ0n) is 17.2. The maximum Gasteiger partial charge on any atom is 0.416 e. The summed E-state index contributed by atoms with van der Waals surface area (Å²) in [5, 5.41) is 2.85. The first-order valence-electron chi connectivity index (χ1n) is 10.5. The van der Waals surface area contributed by atoms with Crippen LogP contribution in [0.1, 0.15) is 16.7 Å². The summed E-state index contributed by atoms with van der Waals surface area (Å²) in [7, 11) is 0. The number of halogens is 3. The van der Waals surface area contributed by atoms with Crippen LogP contribution in [0, 0.1) is 5.92 Å². The summed E-state index contributed by atoms with van der Waals surface area (Å²) in [4.78, 5) is 17.4. The van der Waals surface area contributed by atoms with Gasteiger partial charge in [-0.15, -0.1) is 6.58 Å². The topological polar surface area (TPSA) is 35.6 Å². The average molecular weight is 429 g/mol. The lowest BCUT2D eigenvalue weighted by molar-refractivity contribution is -0.137. The van der Waals surface area contributed by atoms with Gasteiger partial charge in [-0.25, -0.2) is 0 Å². The van der Waals surface area contributed by atoms with Gasteiger partial charge in [0.25, 0.3) is 0 Å². The number of amides is 1. The van der Waals surface area contributed by atoms with Crippen LogP contribution in [0.15, 0.2) is 61.2 Å². The Kier molecular flexibility index (Phi) is 6.05. The molecular weight excluding hydrogens is 403 g/mol. The van der Waals surface area contributed by atoms with E-state index in [4.69, 9.17) is 0 Å². The molecule has 0 aliphatic carbocycles. The van der Waals surface area contributed by atoms with Gasteiger partial charge in [0.1, 0.15) is 0 Å². The largest absolute Gasteiger partial charge is 0.416 e. The lowest BCUT2D eigenvalue weighted by Gasteiger charge is -2.49. The number of fused-ring (bicyclic) bond motifs is 3. The highest BCUT2D eigenvalue weighted by Gasteiger charge is 2.42. The molecule has 0 bridgehead atoms. The molecule has 1 saturated heterocycles. The maximum atomic E-state index is 13.3. The van der Waals surface area contributed by atoms with Gasteiger partial charge < -0.3 is 10.2 Å². The van der Waals surface area contributed by atoms with Crippen molar-refractivity contribution in [3.8, 4) is 0 Å². The number of nitrogens with zero attached hydrogens (tertiary/aromatic N) is 2. The van der Waals surface area contributed by atoms with Crippen LogP contribution in [-0.2, 0) is 23.9 Å². The van der Waals surface area contributed by atoms with Crippen LogP contribution >= 0.6 is 0 Å². The first kappa shape index (κ1) is 21.4. The van der Waals surface area contributed by atoms with E-state index in [-0.39, 0.29) is 11.9 Å². The summed E-state index contributed by atoms with van der Waals surface area (Å²) in [6.45, 7) is 6.89. The number of anilines is 1. The summed E-state index contributed by atoms with van der Waals surface area (Å²) in [5.41, 5.74) is 1.93. The van der Waals surface area contributed by atoms with Gasteiger partial charge >= 0.3 is 6.18 Å². The fraction of sp³-hybridized carbons (Fsp3) is 0.375. The highest BCUT2D eigenvalue weighted by Crippen LogP contribution is 2.39. The van der Waals surface area contributed by atoms with Gasteiger partial charge in [0.05, 0.1) is 17.5 Å². The first-order valence-corrected chi connectivity index (χ1v) is 10.5. The fourth-order valence-electron chi connectivity index (χ4n) is 4.65. The molecule has 7 heteroatoms. The molecule has 2 aromatic rings. The Hall–Kier alpha value is -2.80. The molecule has 0 saturated carbocycles. The predicted molar refractivity (Wildman–Crippen MR) is 115 cm³/mol. The van der Waals surface area contributed by atoms with Crippen molar-refractivity contribution in [3.63, 3.8) is 0 Å². The van der Waals surface area contributed by atoms with E-state index in [9.17, 15) is 18.0 Å². The number of hydrogen-bond acceptors (Lipinski definition) is 3. The van der Waals surface area contributed by atoms with Gasteiger partial charge in [0.15, 0.2) is 0 Å². The molecule has 2 aliphatic rings. The number of nitrogens with one attached hydrogen (secondary N) is 1. The highest BCUT2D eigenvalue weighted by molar-refractivity contribution is 5.82. The molecule has 2 atom stereocenters. The molecule has 164 valence electrons. The van der Waals surface area contributed by atoms with Gasteiger partial charge in [-0.05, 0) is 35.7 Å². The van der Waals surface area contributed by atoms with E-state index < -0.39 is 17.7 Å². The molecule has 4 nitrogen and oxygen atoms in total. The van der Waals surface area contributed by atoms with Crippen LogP contribution in [0.25, 0.3) is 0 Å². The van der Waals surface area contributed by atoms with Crippen molar-refractivity contribution in [3.05, 3.63) is 77.9 Å². The Morgan fingerprint density at radius 2 is 1.94 bits per heavy atom. The summed E-state index contributed by atoms with van der Waals surface area (Å²) < 4.78 is 39.8. The van der Waals surface area contributed by atoms with Crippen molar-refractivity contribution >= 4 is 11.6 Å². The summed E-state index contributed by atoms with van der Waals surface area (Å²) in [6.07, 6.45) is -2.50. The van der Waals surface area contributed by atoms with Gasteiger partial charge in [-0.1, -0.05) is 36.4 Å². The Morgan fingerprint density at radius 1 is 1.16 bits per heavy atom. The van der Waals surface area contributed by atoms with E-state index in [1.807, 2.05) is 18.2 Å². The normalized spacial score (nSPS) is 21.2. The Balaban J connectivity index is 1.62. The molecule has 1 amide bonds. The number of benzene rings is 2. The van der Waals surface area contributed by atoms with Crippen LogP contribution in [0.2, 0.25) is 0 Å². The fourth-order valence-corrected chi connectivity index (χ4v) is 4.65. The molecule has 2 aliphatic heterocycles. The second kappa shape index (κ2) is 8.75. The Bertz CT molecular complexity index is 945. The van der Waals surface area contributed by atoms with Crippen LogP contribution in [0.5, 0.6) is 0 Å². The minimum atomic E-state index is -4.40. The second-order valence-corrected chi connectivity index (χ2v) is 8.17. The molecule has 31 heavy (non-hydrogen) atoms. The van der Waals surface area contributed by atoms with Crippen molar-refractivity contribution in [1.82, 2.24) is 10.2 Å². The minimum absolute atomic E-state index is 0.0912. The van der Waals surface area contributed by atoms with Gasteiger partial charge in [0, 0.05) is 38.4 Å². The Morgan fingerprint density at radius 3 is 2.65 bits per heavy atom. The summed E-state index contributed by atoms with van der Waals surface area (Å²) in [6, 6.07) is 14.0. The number of alkyl halides is 3. The van der Waals surface area contributed by atoms with Crippen LogP contribution in [0.3, 0.4) is 0 Å². The molecule has 0 radical (unpaired) electrons. The molecule has 1 fully saturated rings. The third-order valence-corrected chi connectivity index (χ3v) is 6.13. The van der Waals surface area contributed by atoms with Crippen molar-refractivity contribution < 1.29 is 18.0 Å². The number of carbonyl (C=O) groups excluding carboxylic acids is 1. The van der Waals surface area contributed by atoms with E-state index in [1.165, 1.54) is 11.6 Å². The molecule has 0 unspecified atom stereocenters. The molecule has 0 aromatic heterocycles. The van der Waals surface area contributed by atoms with E-state index in [0.717, 1.165) is 24.8 Å². The predicted octanol–water partition coefficient (Wildman–Crippen LogP) is 3.87. The number of carbonyl (C=O) groups is 1. The van der Waals surface area contributed by atoms with Gasteiger partial charge in [-0.2, -0.15) is 13.2 Å². The summed E-state index contributed by atoms with van der Waals surface area (Å²) >= 11 is 0. The lowest BCUT2D eigenvalue weighted by Crippen LogP contribution is -2.60. The maximum absolute atomic E-state index is 13.3. The van der Waals surface area contributed by atoms with E-state index in [1.54, 1.807) is 12.1 Å². The zero-order chi connectivity index (χ0) is 22.0. The van der Waals surface area contributed by atoms with Crippen molar-refractivity contribution in [2.24, 2.45) is 5.92 Å². The van der Waals surface area contributed by atoms with Crippen molar-refractivity contribution in [2.45, 2.75) is 25.2 Å². The molecule has 1 N–H and O–H groups in total. The van der Waals surface area contributed by atoms with Crippen molar-refractivity contribution in [1.29, 1.82) is 0 Å². The van der Waals surface area contributed by atoms with Crippen LogP contribution in [-0.4, -0.2) is 43.0 Å². The monoisotopic (exact) mass is 429 g/mol. The molecule has 2 aromatic carbocycles. The van der Waals surface area contributed by atoms with Crippen molar-refractivity contribution in [2.75, 3.05) is 31.1 Å². The first-order chi connectivity index (χ1) is 14.9. The third-order valence-electron chi connectivity index (χ3n) is 6.13. The van der Waals surface area contributed by atoms with E-state index in [2.05, 4.69) is 33.8 Å². The highest BCUT2D eigenvalue weighted by atomic mass is 19.4. The molecule has 0 spiro atoms. The molecule has 2 heterocycles.